The first-order chi connectivity index (χ1) is 11.7. The molecule has 0 spiro atoms. The lowest BCUT2D eigenvalue weighted by Crippen LogP contribution is -2.41. The van der Waals surface area contributed by atoms with E-state index in [4.69, 9.17) is 18.9 Å². The third-order valence-electron chi connectivity index (χ3n) is 4.93. The molecule has 25 heavy (non-hydrogen) atoms. The minimum atomic E-state index is -0.300. The zero-order chi connectivity index (χ0) is 18.2. The summed E-state index contributed by atoms with van der Waals surface area (Å²) in [4.78, 5) is 10.9. The highest BCUT2D eigenvalue weighted by atomic mass is 16.6. The first-order valence-corrected chi connectivity index (χ1v) is 8.84. The predicted octanol–water partition coefficient (Wildman–Crippen LogP) is 3.82. The standard InChI is InChI=1S/C20H28O5/c1-13(21)22-8-9-23-16-10-14(17-19(2,3)11-24-17)6-7-15(16)18-20(4,5)12-25-18/h6-7,10,17-18H,8-9,11-12H2,1-5H3. The van der Waals surface area contributed by atoms with Gasteiger partial charge in [0, 0.05) is 23.3 Å². The van der Waals surface area contributed by atoms with Crippen LogP contribution in [0.4, 0.5) is 0 Å². The Morgan fingerprint density at radius 2 is 1.72 bits per heavy atom. The van der Waals surface area contributed by atoms with Crippen LogP contribution in [0, 0.1) is 10.8 Å². The lowest BCUT2D eigenvalue weighted by Gasteiger charge is -2.46. The summed E-state index contributed by atoms with van der Waals surface area (Å²) in [6.07, 6.45) is 0.0910. The summed E-state index contributed by atoms with van der Waals surface area (Å²) in [5, 5.41) is 0. The maximum Gasteiger partial charge on any atom is 0.302 e. The Bertz CT molecular complexity index is 649. The molecule has 1 aromatic carbocycles. The molecule has 5 heteroatoms. The van der Waals surface area contributed by atoms with E-state index in [0.717, 1.165) is 30.1 Å². The minimum Gasteiger partial charge on any atom is -0.490 e. The molecule has 1 aromatic rings. The van der Waals surface area contributed by atoms with Crippen molar-refractivity contribution in [2.45, 2.75) is 46.8 Å². The van der Waals surface area contributed by atoms with Crippen LogP contribution in [0.2, 0.25) is 0 Å². The fourth-order valence-electron chi connectivity index (χ4n) is 3.45. The summed E-state index contributed by atoms with van der Waals surface area (Å²) < 4.78 is 22.5. The van der Waals surface area contributed by atoms with Crippen LogP contribution in [0.25, 0.3) is 0 Å². The van der Waals surface area contributed by atoms with Gasteiger partial charge in [-0.2, -0.15) is 0 Å². The number of carbonyl (C=O) groups is 1. The number of benzene rings is 1. The van der Waals surface area contributed by atoms with Gasteiger partial charge in [0.25, 0.3) is 0 Å². The Kier molecular flexibility index (Phi) is 4.82. The van der Waals surface area contributed by atoms with Crippen LogP contribution in [0.5, 0.6) is 5.75 Å². The van der Waals surface area contributed by atoms with E-state index in [0.29, 0.717) is 6.61 Å². The maximum absolute atomic E-state index is 10.9. The van der Waals surface area contributed by atoms with Crippen molar-refractivity contribution in [2.75, 3.05) is 26.4 Å². The van der Waals surface area contributed by atoms with Gasteiger partial charge in [0.1, 0.15) is 19.0 Å². The largest absolute Gasteiger partial charge is 0.490 e. The van der Waals surface area contributed by atoms with Crippen molar-refractivity contribution in [1.29, 1.82) is 0 Å². The van der Waals surface area contributed by atoms with E-state index in [2.05, 4.69) is 39.8 Å². The van der Waals surface area contributed by atoms with Crippen molar-refractivity contribution in [3.05, 3.63) is 29.3 Å². The smallest absolute Gasteiger partial charge is 0.302 e. The highest BCUT2D eigenvalue weighted by Gasteiger charge is 2.44. The van der Waals surface area contributed by atoms with Crippen molar-refractivity contribution >= 4 is 5.97 Å². The van der Waals surface area contributed by atoms with Gasteiger partial charge in [-0.3, -0.25) is 4.79 Å². The van der Waals surface area contributed by atoms with Crippen molar-refractivity contribution < 1.29 is 23.7 Å². The van der Waals surface area contributed by atoms with Gasteiger partial charge in [-0.25, -0.2) is 0 Å². The fraction of sp³-hybridized carbons (Fsp3) is 0.650. The van der Waals surface area contributed by atoms with Gasteiger partial charge in [-0.15, -0.1) is 0 Å². The third-order valence-corrected chi connectivity index (χ3v) is 4.93. The molecule has 2 aliphatic rings. The second-order valence-corrected chi connectivity index (χ2v) is 8.35. The summed E-state index contributed by atoms with van der Waals surface area (Å²) in [7, 11) is 0. The lowest BCUT2D eigenvalue weighted by atomic mass is 9.76. The summed E-state index contributed by atoms with van der Waals surface area (Å²) in [6.45, 7) is 12.2. The minimum absolute atomic E-state index is 0.0144. The van der Waals surface area contributed by atoms with Crippen molar-refractivity contribution in [3.63, 3.8) is 0 Å². The molecule has 2 aliphatic heterocycles. The molecule has 2 unspecified atom stereocenters. The maximum atomic E-state index is 10.9. The van der Waals surface area contributed by atoms with Gasteiger partial charge < -0.3 is 18.9 Å². The highest BCUT2D eigenvalue weighted by molar-refractivity contribution is 5.65. The quantitative estimate of drug-likeness (QED) is 0.578. The molecule has 2 heterocycles. The average Bonchev–Trinajstić information content (AvgIpc) is 2.51. The Morgan fingerprint density at radius 3 is 2.20 bits per heavy atom. The van der Waals surface area contributed by atoms with Gasteiger partial charge in [-0.1, -0.05) is 39.8 Å². The molecule has 2 fully saturated rings. The van der Waals surface area contributed by atoms with Gasteiger partial charge in [0.15, 0.2) is 0 Å². The molecule has 0 aliphatic carbocycles. The zero-order valence-electron chi connectivity index (χ0n) is 15.8. The molecule has 3 rings (SSSR count). The molecule has 0 amide bonds. The molecule has 2 atom stereocenters. The van der Waals surface area contributed by atoms with E-state index >= 15 is 0 Å². The van der Waals surface area contributed by atoms with Crippen LogP contribution >= 0.6 is 0 Å². The molecule has 0 bridgehead atoms. The zero-order valence-corrected chi connectivity index (χ0v) is 15.8. The third kappa shape index (κ3) is 3.67. The van der Waals surface area contributed by atoms with Gasteiger partial charge in [-0.05, 0) is 11.6 Å². The van der Waals surface area contributed by atoms with Crippen molar-refractivity contribution in [2.24, 2.45) is 10.8 Å². The number of hydrogen-bond donors (Lipinski definition) is 0. The highest BCUT2D eigenvalue weighted by Crippen LogP contribution is 2.51. The summed E-state index contributed by atoms with van der Waals surface area (Å²) in [5.74, 6) is 0.486. The summed E-state index contributed by atoms with van der Waals surface area (Å²) in [6, 6.07) is 6.24. The van der Waals surface area contributed by atoms with E-state index in [1.165, 1.54) is 6.92 Å². The number of ether oxygens (including phenoxy) is 4. The second kappa shape index (κ2) is 6.61. The number of esters is 1. The Morgan fingerprint density at radius 1 is 1.08 bits per heavy atom. The fourth-order valence-corrected chi connectivity index (χ4v) is 3.45. The summed E-state index contributed by atoms with van der Waals surface area (Å²) >= 11 is 0. The van der Waals surface area contributed by atoms with E-state index in [-0.39, 0.29) is 35.6 Å². The normalized spacial score (nSPS) is 26.3. The Balaban J connectivity index is 1.80. The SMILES string of the molecule is CC(=O)OCCOc1cc(C2OCC2(C)C)ccc1C1OCC1(C)C. The van der Waals surface area contributed by atoms with Crippen molar-refractivity contribution in [3.8, 4) is 5.75 Å². The molecule has 138 valence electrons. The predicted molar refractivity (Wildman–Crippen MR) is 93.5 cm³/mol. The molecular formula is C20H28O5. The van der Waals surface area contributed by atoms with Crippen LogP contribution in [-0.2, 0) is 19.0 Å². The van der Waals surface area contributed by atoms with Gasteiger partial charge in [0.05, 0.1) is 25.4 Å². The molecule has 2 saturated heterocycles. The van der Waals surface area contributed by atoms with Crippen LogP contribution < -0.4 is 4.74 Å². The van der Waals surface area contributed by atoms with Crippen LogP contribution in [0.15, 0.2) is 18.2 Å². The molecule has 0 aromatic heterocycles. The Hall–Kier alpha value is -1.59. The van der Waals surface area contributed by atoms with E-state index in [1.807, 2.05) is 6.07 Å². The lowest BCUT2D eigenvalue weighted by molar-refractivity contribution is -0.174. The topological polar surface area (TPSA) is 54.0 Å². The molecule has 0 saturated carbocycles. The van der Waals surface area contributed by atoms with E-state index < -0.39 is 0 Å². The molecule has 5 nitrogen and oxygen atoms in total. The Labute approximate surface area is 149 Å². The molecule has 0 radical (unpaired) electrons. The molecular weight excluding hydrogens is 320 g/mol. The second-order valence-electron chi connectivity index (χ2n) is 8.35. The van der Waals surface area contributed by atoms with Crippen LogP contribution in [0.1, 0.15) is 58.0 Å². The summed E-state index contributed by atoms with van der Waals surface area (Å²) in [5.41, 5.74) is 2.37. The van der Waals surface area contributed by atoms with Crippen LogP contribution in [-0.4, -0.2) is 32.4 Å². The van der Waals surface area contributed by atoms with Gasteiger partial charge >= 0.3 is 5.97 Å². The van der Waals surface area contributed by atoms with E-state index in [1.54, 1.807) is 0 Å². The molecule has 0 N–H and O–H groups in total. The van der Waals surface area contributed by atoms with E-state index in [9.17, 15) is 4.79 Å². The number of carbonyl (C=O) groups excluding carboxylic acids is 1. The first-order valence-electron chi connectivity index (χ1n) is 8.84. The van der Waals surface area contributed by atoms with Gasteiger partial charge in [0.2, 0.25) is 0 Å². The monoisotopic (exact) mass is 348 g/mol. The first kappa shape index (κ1) is 18.2. The number of rotatable bonds is 6. The van der Waals surface area contributed by atoms with Crippen LogP contribution in [0.3, 0.4) is 0 Å². The van der Waals surface area contributed by atoms with Crippen molar-refractivity contribution in [1.82, 2.24) is 0 Å². The number of hydrogen-bond acceptors (Lipinski definition) is 5. The average molecular weight is 348 g/mol.